The molecular weight excluding hydrogens is 246 g/mol. The first kappa shape index (κ1) is 13.4. The molecule has 0 amide bonds. The van der Waals surface area contributed by atoms with E-state index < -0.39 is 5.54 Å². The maximum Gasteiger partial charge on any atom is 0.326 e. The van der Waals surface area contributed by atoms with Crippen molar-refractivity contribution in [2.24, 2.45) is 0 Å². The van der Waals surface area contributed by atoms with Gasteiger partial charge in [-0.05, 0) is 20.9 Å². The number of methoxy groups -OCH3 is 1. The number of nitrogens with one attached hydrogen (secondary N) is 1. The number of hydrogen-bond donors (Lipinski definition) is 1. The van der Waals surface area contributed by atoms with Gasteiger partial charge < -0.3 is 10.1 Å². The number of rotatable bonds is 5. The number of hydrogen-bond acceptors (Lipinski definition) is 7. The maximum atomic E-state index is 11.6. The summed E-state index contributed by atoms with van der Waals surface area (Å²) in [5, 5.41) is 11.8. The van der Waals surface area contributed by atoms with Gasteiger partial charge in [0.25, 0.3) is 0 Å². The maximum absolute atomic E-state index is 11.6. The van der Waals surface area contributed by atoms with E-state index in [9.17, 15) is 4.79 Å². The Morgan fingerprint density at radius 3 is 2.75 bits per heavy atom. The largest absolute Gasteiger partial charge is 0.468 e. The molecule has 0 bridgehead atoms. The van der Waals surface area contributed by atoms with E-state index in [2.05, 4.69) is 15.5 Å². The third-order valence-electron chi connectivity index (χ3n) is 2.18. The molecule has 1 heterocycles. The van der Waals surface area contributed by atoms with Gasteiger partial charge in [-0.1, -0.05) is 23.1 Å². The Kier molecular flexibility index (Phi) is 4.69. The highest BCUT2D eigenvalue weighted by Gasteiger charge is 2.33. The van der Waals surface area contributed by atoms with Gasteiger partial charge in [0.1, 0.15) is 10.5 Å². The molecule has 0 aliphatic rings. The summed E-state index contributed by atoms with van der Waals surface area (Å²) in [6.45, 7) is 3.71. The molecule has 90 valence electrons. The molecule has 1 N–H and O–H groups in total. The van der Waals surface area contributed by atoms with Crippen molar-refractivity contribution in [1.29, 1.82) is 0 Å². The Morgan fingerprint density at radius 2 is 2.31 bits per heavy atom. The molecule has 1 aromatic rings. The molecule has 7 heteroatoms. The van der Waals surface area contributed by atoms with Crippen LogP contribution in [0.3, 0.4) is 0 Å². The highest BCUT2D eigenvalue weighted by atomic mass is 32.2. The van der Waals surface area contributed by atoms with Crippen LogP contribution in [0.2, 0.25) is 0 Å². The van der Waals surface area contributed by atoms with Crippen LogP contribution in [0.1, 0.15) is 11.9 Å². The highest BCUT2D eigenvalue weighted by molar-refractivity contribution is 8.01. The van der Waals surface area contributed by atoms with Crippen molar-refractivity contribution < 1.29 is 9.53 Å². The van der Waals surface area contributed by atoms with Crippen molar-refractivity contribution >= 4 is 29.1 Å². The average molecular weight is 261 g/mol. The Bertz CT molecular complexity index is 369. The fourth-order valence-electron chi connectivity index (χ4n) is 1.00. The summed E-state index contributed by atoms with van der Waals surface area (Å²) in [7, 11) is 3.13. The van der Waals surface area contributed by atoms with Crippen molar-refractivity contribution in [3.05, 3.63) is 5.01 Å². The zero-order valence-electron chi connectivity index (χ0n) is 9.73. The lowest BCUT2D eigenvalue weighted by Gasteiger charge is -2.24. The quantitative estimate of drug-likeness (QED) is 0.632. The number of carbonyl (C=O) groups is 1. The normalized spacial score (nSPS) is 14.5. The van der Waals surface area contributed by atoms with Gasteiger partial charge in [-0.3, -0.25) is 4.79 Å². The summed E-state index contributed by atoms with van der Waals surface area (Å²) in [5.41, 5.74) is -0.695. The minimum atomic E-state index is -0.695. The fourth-order valence-corrected chi connectivity index (χ4v) is 2.96. The molecule has 0 aliphatic carbocycles. The summed E-state index contributed by atoms with van der Waals surface area (Å²) < 4.78 is 5.62. The molecule has 5 nitrogen and oxygen atoms in total. The molecule has 0 spiro atoms. The van der Waals surface area contributed by atoms with E-state index in [1.54, 1.807) is 14.0 Å². The van der Waals surface area contributed by atoms with E-state index in [4.69, 9.17) is 4.74 Å². The van der Waals surface area contributed by atoms with E-state index in [0.29, 0.717) is 5.75 Å². The van der Waals surface area contributed by atoms with Crippen LogP contribution in [0.25, 0.3) is 0 Å². The summed E-state index contributed by atoms with van der Waals surface area (Å²) >= 11 is 3.02. The Hall–Kier alpha value is -0.660. The number of ether oxygens (including phenoxy) is 1. The first-order valence-corrected chi connectivity index (χ1v) is 6.52. The monoisotopic (exact) mass is 261 g/mol. The van der Waals surface area contributed by atoms with Crippen LogP contribution in [0.15, 0.2) is 4.34 Å². The number of aryl methyl sites for hydroxylation is 1. The van der Waals surface area contributed by atoms with Crippen molar-refractivity contribution in [3.8, 4) is 0 Å². The molecule has 1 unspecified atom stereocenters. The molecule has 0 radical (unpaired) electrons. The summed E-state index contributed by atoms with van der Waals surface area (Å²) in [4.78, 5) is 11.6. The highest BCUT2D eigenvalue weighted by Crippen LogP contribution is 2.25. The summed E-state index contributed by atoms with van der Waals surface area (Å²) in [5.74, 6) is 0.286. The van der Waals surface area contributed by atoms with Crippen LogP contribution in [-0.4, -0.2) is 41.6 Å². The molecule has 1 aromatic heterocycles. The number of esters is 1. The molecule has 0 saturated carbocycles. The minimum absolute atomic E-state index is 0.274. The number of nitrogens with zero attached hydrogens (tertiary/aromatic N) is 2. The molecule has 16 heavy (non-hydrogen) atoms. The van der Waals surface area contributed by atoms with Crippen LogP contribution in [0.5, 0.6) is 0 Å². The summed E-state index contributed by atoms with van der Waals surface area (Å²) in [6.07, 6.45) is 0. The van der Waals surface area contributed by atoms with E-state index >= 15 is 0 Å². The van der Waals surface area contributed by atoms with Gasteiger partial charge in [0, 0.05) is 5.75 Å². The van der Waals surface area contributed by atoms with Crippen LogP contribution >= 0.6 is 23.1 Å². The molecular formula is C9H15N3O2S2. The lowest BCUT2D eigenvalue weighted by molar-refractivity contribution is -0.146. The Morgan fingerprint density at radius 1 is 1.62 bits per heavy atom. The lowest BCUT2D eigenvalue weighted by Crippen LogP contribution is -2.50. The molecule has 0 saturated heterocycles. The fraction of sp³-hybridized carbons (Fsp3) is 0.667. The molecule has 0 aliphatic heterocycles. The third kappa shape index (κ3) is 3.16. The van der Waals surface area contributed by atoms with E-state index in [-0.39, 0.29) is 5.97 Å². The smallest absolute Gasteiger partial charge is 0.326 e. The van der Waals surface area contributed by atoms with Gasteiger partial charge in [0.05, 0.1) is 7.11 Å². The van der Waals surface area contributed by atoms with Crippen LogP contribution < -0.4 is 5.32 Å². The number of aromatic nitrogens is 2. The first-order chi connectivity index (χ1) is 7.51. The van der Waals surface area contributed by atoms with E-state index in [1.807, 2.05) is 6.92 Å². The Labute approximate surface area is 103 Å². The van der Waals surface area contributed by atoms with Gasteiger partial charge in [0.2, 0.25) is 0 Å². The van der Waals surface area contributed by atoms with Gasteiger partial charge in [0.15, 0.2) is 4.34 Å². The number of carbonyl (C=O) groups excluding carboxylic acids is 1. The predicted molar refractivity (Wildman–Crippen MR) is 64.9 cm³/mol. The van der Waals surface area contributed by atoms with Crippen molar-refractivity contribution in [2.45, 2.75) is 23.7 Å². The second-order valence-electron chi connectivity index (χ2n) is 3.45. The average Bonchev–Trinajstić information content (AvgIpc) is 2.71. The summed E-state index contributed by atoms with van der Waals surface area (Å²) in [6, 6.07) is 0. The van der Waals surface area contributed by atoms with Crippen LogP contribution in [0, 0.1) is 6.92 Å². The van der Waals surface area contributed by atoms with E-state index in [1.165, 1.54) is 30.2 Å². The second kappa shape index (κ2) is 5.60. The topological polar surface area (TPSA) is 64.1 Å². The molecule has 0 aromatic carbocycles. The SMILES string of the molecule is CNC(C)(CSc1nnc(C)s1)C(=O)OC. The standard InChI is InChI=1S/C9H15N3O2S2/c1-6-11-12-8(16-6)15-5-9(2,10-3)7(13)14-4/h10H,5H2,1-4H3. The zero-order valence-corrected chi connectivity index (χ0v) is 11.4. The number of likely N-dealkylation sites (N-methyl/N-ethyl adjacent to an activating group) is 1. The molecule has 1 atom stereocenters. The predicted octanol–water partition coefficient (Wildman–Crippen LogP) is 1.09. The lowest BCUT2D eigenvalue weighted by atomic mass is 10.1. The third-order valence-corrected chi connectivity index (χ3v) is 4.47. The van der Waals surface area contributed by atoms with Crippen molar-refractivity contribution in [2.75, 3.05) is 19.9 Å². The van der Waals surface area contributed by atoms with Crippen LogP contribution in [0.4, 0.5) is 0 Å². The van der Waals surface area contributed by atoms with Crippen molar-refractivity contribution in [1.82, 2.24) is 15.5 Å². The van der Waals surface area contributed by atoms with Crippen molar-refractivity contribution in [3.63, 3.8) is 0 Å². The van der Waals surface area contributed by atoms with Crippen LogP contribution in [-0.2, 0) is 9.53 Å². The Balaban J connectivity index is 2.61. The zero-order chi connectivity index (χ0) is 12.2. The van der Waals surface area contributed by atoms with Gasteiger partial charge in [-0.25, -0.2) is 0 Å². The molecule has 1 rings (SSSR count). The van der Waals surface area contributed by atoms with Gasteiger partial charge in [-0.15, -0.1) is 10.2 Å². The van der Waals surface area contributed by atoms with Gasteiger partial charge in [-0.2, -0.15) is 0 Å². The second-order valence-corrected chi connectivity index (χ2v) is 5.85. The molecule has 0 fully saturated rings. The van der Waals surface area contributed by atoms with E-state index in [0.717, 1.165) is 9.35 Å². The first-order valence-electron chi connectivity index (χ1n) is 4.72. The number of thioether (sulfide) groups is 1. The minimum Gasteiger partial charge on any atom is -0.468 e. The van der Waals surface area contributed by atoms with Gasteiger partial charge >= 0.3 is 5.97 Å².